The number of likely N-dealkylation sites (N-methyl/N-ethyl adjacent to an activating group) is 1. The van der Waals surface area contributed by atoms with Gasteiger partial charge in [0.05, 0.1) is 0 Å². The second kappa shape index (κ2) is 5.89. The zero-order chi connectivity index (χ0) is 12.4. The molecule has 0 amide bonds. The van der Waals surface area contributed by atoms with E-state index in [0.29, 0.717) is 0 Å². The average molecular weight is 251 g/mol. The maximum absolute atomic E-state index is 3.86. The predicted molar refractivity (Wildman–Crippen MR) is 75.8 cm³/mol. The Morgan fingerprint density at radius 3 is 2.00 bits per heavy atom. The van der Waals surface area contributed by atoms with E-state index in [0.717, 1.165) is 17.9 Å². The maximum Gasteiger partial charge on any atom is 0.0124 e. The Kier molecular flexibility index (Phi) is 4.22. The van der Waals surface area contributed by atoms with E-state index in [9.17, 15) is 0 Å². The zero-order valence-corrected chi connectivity index (χ0v) is 11.9. The summed E-state index contributed by atoms with van der Waals surface area (Å²) in [6.07, 6.45) is 5.96. The highest BCUT2D eigenvalue weighted by atomic mass is 15.3. The molecule has 1 aliphatic heterocycles. The summed E-state index contributed by atoms with van der Waals surface area (Å²) >= 11 is 0. The van der Waals surface area contributed by atoms with Crippen molar-refractivity contribution in [3.05, 3.63) is 0 Å². The molecule has 0 aromatic carbocycles. The second-order valence-corrected chi connectivity index (χ2v) is 6.43. The molecule has 18 heavy (non-hydrogen) atoms. The number of nitrogens with zero attached hydrogens (tertiary/aromatic N) is 2. The van der Waals surface area contributed by atoms with Gasteiger partial charge in [0.15, 0.2) is 0 Å². The Morgan fingerprint density at radius 1 is 0.944 bits per heavy atom. The highest BCUT2D eigenvalue weighted by molar-refractivity contribution is 4.96. The van der Waals surface area contributed by atoms with Gasteiger partial charge in [0.25, 0.3) is 0 Å². The summed E-state index contributed by atoms with van der Waals surface area (Å²) in [6, 6.07) is 0.877. The molecule has 0 aromatic rings. The summed E-state index contributed by atoms with van der Waals surface area (Å²) in [5.41, 5.74) is 0. The van der Waals surface area contributed by atoms with Crippen molar-refractivity contribution in [1.82, 2.24) is 15.1 Å². The van der Waals surface area contributed by atoms with Crippen LogP contribution in [0.3, 0.4) is 0 Å². The summed E-state index contributed by atoms with van der Waals surface area (Å²) in [5.74, 6) is 2.07. The lowest BCUT2D eigenvalue weighted by Gasteiger charge is -2.34. The molecular formula is C15H29N3. The van der Waals surface area contributed by atoms with Crippen molar-refractivity contribution in [3.8, 4) is 0 Å². The van der Waals surface area contributed by atoms with Crippen LogP contribution in [0.25, 0.3) is 0 Å². The minimum Gasteiger partial charge on any atom is -0.312 e. The molecule has 3 aliphatic rings. The van der Waals surface area contributed by atoms with Gasteiger partial charge in [-0.15, -0.1) is 0 Å². The Balaban J connectivity index is 1.32. The first kappa shape index (κ1) is 12.9. The minimum atomic E-state index is 0.877. The van der Waals surface area contributed by atoms with E-state index in [4.69, 9.17) is 0 Å². The van der Waals surface area contributed by atoms with Crippen LogP contribution in [0.4, 0.5) is 0 Å². The molecule has 0 bridgehead atoms. The fourth-order valence-corrected chi connectivity index (χ4v) is 3.35. The largest absolute Gasteiger partial charge is 0.312 e. The Hall–Kier alpha value is -0.120. The second-order valence-electron chi connectivity index (χ2n) is 6.43. The highest BCUT2D eigenvalue weighted by Crippen LogP contribution is 2.44. The molecule has 3 fully saturated rings. The highest BCUT2D eigenvalue weighted by Gasteiger charge is 2.40. The van der Waals surface area contributed by atoms with Gasteiger partial charge in [0, 0.05) is 45.3 Å². The normalized spacial score (nSPS) is 27.0. The summed E-state index contributed by atoms with van der Waals surface area (Å²) in [6.45, 7) is 11.0. The van der Waals surface area contributed by atoms with Crippen LogP contribution >= 0.6 is 0 Å². The lowest BCUT2D eigenvalue weighted by atomic mass is 10.1. The van der Waals surface area contributed by atoms with Crippen LogP contribution in [0.1, 0.15) is 32.6 Å². The van der Waals surface area contributed by atoms with Gasteiger partial charge in [-0.1, -0.05) is 6.92 Å². The first-order valence-corrected chi connectivity index (χ1v) is 8.05. The summed E-state index contributed by atoms with van der Waals surface area (Å²) in [4.78, 5) is 5.19. The molecule has 1 N–H and O–H groups in total. The molecule has 3 nitrogen and oxygen atoms in total. The monoisotopic (exact) mass is 251 g/mol. The number of nitrogens with one attached hydrogen (secondary N) is 1. The molecule has 0 unspecified atom stereocenters. The molecule has 0 spiro atoms. The van der Waals surface area contributed by atoms with E-state index in [2.05, 4.69) is 22.0 Å². The zero-order valence-electron chi connectivity index (χ0n) is 11.9. The SMILES string of the molecule is CCN1CCN(CCNC(C2CC2)C2CC2)CC1. The van der Waals surface area contributed by atoms with Crippen molar-refractivity contribution in [2.75, 3.05) is 45.8 Å². The quantitative estimate of drug-likeness (QED) is 0.738. The number of piperazine rings is 1. The van der Waals surface area contributed by atoms with E-state index in [1.165, 1.54) is 71.5 Å². The molecule has 2 saturated carbocycles. The Labute approximate surface area is 112 Å². The molecule has 104 valence electrons. The Bertz CT molecular complexity index is 240. The van der Waals surface area contributed by atoms with Crippen LogP contribution in [-0.4, -0.2) is 61.7 Å². The topological polar surface area (TPSA) is 18.5 Å². The lowest BCUT2D eigenvalue weighted by Crippen LogP contribution is -2.48. The van der Waals surface area contributed by atoms with Gasteiger partial charge < -0.3 is 10.2 Å². The van der Waals surface area contributed by atoms with Gasteiger partial charge in [-0.3, -0.25) is 4.90 Å². The van der Waals surface area contributed by atoms with E-state index in [-0.39, 0.29) is 0 Å². The molecule has 0 radical (unpaired) electrons. The molecule has 0 atom stereocenters. The van der Waals surface area contributed by atoms with Crippen molar-refractivity contribution in [2.45, 2.75) is 38.6 Å². The van der Waals surface area contributed by atoms with Gasteiger partial charge in [-0.25, -0.2) is 0 Å². The smallest absolute Gasteiger partial charge is 0.0124 e. The number of hydrogen-bond acceptors (Lipinski definition) is 3. The predicted octanol–water partition coefficient (Wildman–Crippen LogP) is 1.40. The van der Waals surface area contributed by atoms with E-state index in [1.807, 2.05) is 0 Å². The van der Waals surface area contributed by atoms with Crippen molar-refractivity contribution < 1.29 is 0 Å². The van der Waals surface area contributed by atoms with Crippen LogP contribution in [0, 0.1) is 11.8 Å². The molecule has 3 heteroatoms. The van der Waals surface area contributed by atoms with Crippen molar-refractivity contribution in [2.24, 2.45) is 11.8 Å². The third-order valence-corrected chi connectivity index (χ3v) is 4.98. The van der Waals surface area contributed by atoms with Crippen LogP contribution in [0.15, 0.2) is 0 Å². The standard InChI is InChI=1S/C15H29N3/c1-2-17-9-11-18(12-10-17)8-7-16-15(13-3-4-13)14-5-6-14/h13-16H,2-12H2,1H3. The van der Waals surface area contributed by atoms with Crippen LogP contribution in [-0.2, 0) is 0 Å². The molecule has 3 rings (SSSR count). The summed E-state index contributed by atoms with van der Waals surface area (Å²) < 4.78 is 0. The third kappa shape index (κ3) is 3.46. The van der Waals surface area contributed by atoms with Crippen LogP contribution in [0.5, 0.6) is 0 Å². The van der Waals surface area contributed by atoms with Crippen LogP contribution in [0.2, 0.25) is 0 Å². The number of hydrogen-bond donors (Lipinski definition) is 1. The first-order valence-electron chi connectivity index (χ1n) is 8.05. The van der Waals surface area contributed by atoms with E-state index < -0.39 is 0 Å². The van der Waals surface area contributed by atoms with Gasteiger partial charge in [-0.2, -0.15) is 0 Å². The summed E-state index contributed by atoms with van der Waals surface area (Å²) in [7, 11) is 0. The summed E-state index contributed by atoms with van der Waals surface area (Å²) in [5, 5.41) is 3.86. The van der Waals surface area contributed by atoms with Gasteiger partial charge >= 0.3 is 0 Å². The van der Waals surface area contributed by atoms with Crippen molar-refractivity contribution in [1.29, 1.82) is 0 Å². The fourth-order valence-electron chi connectivity index (χ4n) is 3.35. The maximum atomic E-state index is 3.86. The molecule has 0 aromatic heterocycles. The molecular weight excluding hydrogens is 222 g/mol. The van der Waals surface area contributed by atoms with E-state index >= 15 is 0 Å². The first-order chi connectivity index (χ1) is 8.86. The van der Waals surface area contributed by atoms with E-state index in [1.54, 1.807) is 0 Å². The Morgan fingerprint density at radius 2 is 1.50 bits per heavy atom. The van der Waals surface area contributed by atoms with Crippen molar-refractivity contribution >= 4 is 0 Å². The molecule has 1 saturated heterocycles. The average Bonchev–Trinajstić information content (AvgIpc) is 3.29. The number of rotatable bonds is 7. The van der Waals surface area contributed by atoms with Gasteiger partial charge in [0.2, 0.25) is 0 Å². The van der Waals surface area contributed by atoms with Crippen molar-refractivity contribution in [3.63, 3.8) is 0 Å². The molecule has 2 aliphatic carbocycles. The minimum absolute atomic E-state index is 0.877. The van der Waals surface area contributed by atoms with Gasteiger partial charge in [0.1, 0.15) is 0 Å². The lowest BCUT2D eigenvalue weighted by molar-refractivity contribution is 0.136. The van der Waals surface area contributed by atoms with Crippen LogP contribution < -0.4 is 5.32 Å². The van der Waals surface area contributed by atoms with Gasteiger partial charge in [-0.05, 0) is 44.1 Å². The fraction of sp³-hybridized carbons (Fsp3) is 1.00. The molecule has 1 heterocycles. The third-order valence-electron chi connectivity index (χ3n) is 4.98.